The van der Waals surface area contributed by atoms with Crippen molar-refractivity contribution in [1.82, 2.24) is 14.9 Å². The van der Waals surface area contributed by atoms with E-state index in [1.54, 1.807) is 20.8 Å². The minimum Gasteiger partial charge on any atom is -0.296 e. The molecule has 1 aromatic heterocycles. The van der Waals surface area contributed by atoms with Gasteiger partial charge in [-0.3, -0.25) is 10.1 Å². The number of nitrogens with one attached hydrogen (secondary N) is 2. The van der Waals surface area contributed by atoms with Gasteiger partial charge in [0.1, 0.15) is 9.90 Å². The van der Waals surface area contributed by atoms with E-state index in [9.17, 15) is 13.2 Å². The number of benzene rings is 1. The molecule has 0 spiro atoms. The highest BCUT2D eigenvalue weighted by molar-refractivity contribution is 7.89. The molecule has 0 saturated carbocycles. The molecule has 0 fully saturated rings. The lowest BCUT2D eigenvalue weighted by Crippen LogP contribution is -2.40. The Bertz CT molecular complexity index is 950. The highest BCUT2D eigenvalue weighted by Crippen LogP contribution is 2.25. The molecule has 1 aromatic carbocycles. The van der Waals surface area contributed by atoms with Crippen LogP contribution in [0, 0.1) is 5.92 Å². The van der Waals surface area contributed by atoms with E-state index in [1.165, 1.54) is 29.5 Å². The molecule has 0 aliphatic heterocycles. The van der Waals surface area contributed by atoms with Crippen LogP contribution in [0.2, 0.25) is 5.02 Å². The van der Waals surface area contributed by atoms with Crippen LogP contribution < -0.4 is 10.0 Å². The summed E-state index contributed by atoms with van der Waals surface area (Å²) in [6, 6.07) is 4.11. The van der Waals surface area contributed by atoms with Crippen LogP contribution >= 0.6 is 22.9 Å². The van der Waals surface area contributed by atoms with Gasteiger partial charge in [0.2, 0.25) is 15.2 Å². The predicted octanol–water partition coefficient (Wildman–Crippen LogP) is 4.11. The van der Waals surface area contributed by atoms with Gasteiger partial charge < -0.3 is 0 Å². The third-order valence-corrected chi connectivity index (χ3v) is 6.68. The number of aromatic nitrogens is 2. The normalized spacial score (nSPS) is 12.4. The van der Waals surface area contributed by atoms with Crippen LogP contribution in [0.15, 0.2) is 23.1 Å². The number of carbonyl (C=O) groups excluding carboxylic acids is 1. The van der Waals surface area contributed by atoms with Gasteiger partial charge in [-0.25, -0.2) is 13.1 Å². The fourth-order valence-electron chi connectivity index (χ4n) is 2.30. The maximum absolute atomic E-state index is 12.6. The SMILES string of the molecule is CC(C)CCc1nnc(NC(=O)c2ccc(Cl)c(S(=O)(=O)NC(C)(C)C)c2)s1. The molecule has 28 heavy (non-hydrogen) atoms. The van der Waals surface area contributed by atoms with E-state index in [4.69, 9.17) is 11.6 Å². The second kappa shape index (κ2) is 8.86. The Kier molecular flexibility index (Phi) is 7.19. The van der Waals surface area contributed by atoms with E-state index in [0.29, 0.717) is 11.0 Å². The molecule has 154 valence electrons. The van der Waals surface area contributed by atoms with Crippen molar-refractivity contribution >= 4 is 44.0 Å². The second-order valence-electron chi connectivity index (χ2n) is 7.89. The van der Waals surface area contributed by atoms with E-state index in [2.05, 4.69) is 34.1 Å². The molecule has 10 heteroatoms. The fraction of sp³-hybridized carbons (Fsp3) is 0.500. The van der Waals surface area contributed by atoms with Gasteiger partial charge in [-0.05, 0) is 51.3 Å². The number of nitrogens with zero attached hydrogens (tertiary/aromatic N) is 2. The quantitative estimate of drug-likeness (QED) is 0.669. The lowest BCUT2D eigenvalue weighted by molar-refractivity contribution is 0.102. The fourth-order valence-corrected chi connectivity index (χ4v) is 4.99. The standard InChI is InChI=1S/C18H25ClN4O3S2/c1-11(2)6-9-15-21-22-17(27-15)20-16(24)12-7-8-13(19)14(10-12)28(25,26)23-18(3,4)5/h7-8,10-11,23H,6,9H2,1-5H3,(H,20,22,24). The topological polar surface area (TPSA) is 101 Å². The van der Waals surface area contributed by atoms with E-state index in [-0.39, 0.29) is 15.5 Å². The van der Waals surface area contributed by atoms with Crippen LogP contribution in [-0.4, -0.2) is 30.1 Å². The van der Waals surface area contributed by atoms with E-state index >= 15 is 0 Å². The van der Waals surface area contributed by atoms with E-state index < -0.39 is 21.5 Å². The van der Waals surface area contributed by atoms with Crippen molar-refractivity contribution in [2.45, 2.75) is 57.9 Å². The lowest BCUT2D eigenvalue weighted by atomic mass is 10.1. The third kappa shape index (κ3) is 6.51. The number of hydrogen-bond acceptors (Lipinski definition) is 6. The zero-order valence-electron chi connectivity index (χ0n) is 16.5. The Morgan fingerprint density at radius 3 is 2.54 bits per heavy atom. The van der Waals surface area contributed by atoms with Gasteiger partial charge >= 0.3 is 0 Å². The summed E-state index contributed by atoms with van der Waals surface area (Å²) in [5.74, 6) is 0.0773. The molecule has 1 amide bonds. The van der Waals surface area contributed by atoms with Gasteiger partial charge in [-0.1, -0.05) is 36.8 Å². The smallest absolute Gasteiger partial charge is 0.257 e. The summed E-state index contributed by atoms with van der Waals surface area (Å²) in [7, 11) is -3.88. The minimum absolute atomic E-state index is 0.0418. The van der Waals surface area contributed by atoms with Crippen molar-refractivity contribution in [2.75, 3.05) is 5.32 Å². The molecule has 0 aliphatic carbocycles. The minimum atomic E-state index is -3.88. The highest BCUT2D eigenvalue weighted by atomic mass is 35.5. The van der Waals surface area contributed by atoms with Crippen molar-refractivity contribution in [3.05, 3.63) is 33.8 Å². The molecule has 0 unspecified atom stereocenters. The molecule has 2 N–H and O–H groups in total. The average molecular weight is 445 g/mol. The molecular formula is C18H25ClN4O3S2. The molecule has 0 radical (unpaired) electrons. The molecule has 0 atom stereocenters. The van der Waals surface area contributed by atoms with E-state index in [0.717, 1.165) is 17.8 Å². The summed E-state index contributed by atoms with van der Waals surface area (Å²) in [4.78, 5) is 12.4. The Morgan fingerprint density at radius 2 is 1.93 bits per heavy atom. The molecule has 0 aliphatic rings. The summed E-state index contributed by atoms with van der Waals surface area (Å²) in [6.07, 6.45) is 1.79. The zero-order chi connectivity index (χ0) is 21.1. The van der Waals surface area contributed by atoms with Crippen LogP contribution in [-0.2, 0) is 16.4 Å². The van der Waals surface area contributed by atoms with Crippen LogP contribution in [0.5, 0.6) is 0 Å². The van der Waals surface area contributed by atoms with Gasteiger partial charge in [0.15, 0.2) is 0 Å². The van der Waals surface area contributed by atoms with E-state index in [1.807, 2.05) is 0 Å². The van der Waals surface area contributed by atoms with Gasteiger partial charge in [0.25, 0.3) is 5.91 Å². The largest absolute Gasteiger partial charge is 0.296 e. The van der Waals surface area contributed by atoms with Crippen molar-refractivity contribution in [1.29, 1.82) is 0 Å². The van der Waals surface area contributed by atoms with Crippen LogP contribution in [0.4, 0.5) is 5.13 Å². The number of hydrogen-bond donors (Lipinski definition) is 2. The van der Waals surface area contributed by atoms with Gasteiger partial charge in [0.05, 0.1) is 5.02 Å². The number of halogens is 1. The predicted molar refractivity (Wildman–Crippen MR) is 113 cm³/mol. The van der Waals surface area contributed by atoms with Gasteiger partial charge in [-0.15, -0.1) is 10.2 Å². The summed E-state index contributed by atoms with van der Waals surface area (Å²) < 4.78 is 27.7. The van der Waals surface area contributed by atoms with Crippen LogP contribution in [0.1, 0.15) is 56.4 Å². The Morgan fingerprint density at radius 1 is 1.25 bits per heavy atom. The first-order chi connectivity index (χ1) is 12.9. The summed E-state index contributed by atoms with van der Waals surface area (Å²) >= 11 is 7.37. The zero-order valence-corrected chi connectivity index (χ0v) is 18.9. The van der Waals surface area contributed by atoms with Crippen molar-refractivity contribution < 1.29 is 13.2 Å². The van der Waals surface area contributed by atoms with Crippen molar-refractivity contribution in [3.63, 3.8) is 0 Å². The molecule has 0 bridgehead atoms. The average Bonchev–Trinajstić information content (AvgIpc) is 2.98. The Hall–Kier alpha value is -1.55. The molecular weight excluding hydrogens is 420 g/mol. The lowest BCUT2D eigenvalue weighted by Gasteiger charge is -2.21. The number of rotatable bonds is 7. The monoisotopic (exact) mass is 444 g/mol. The maximum atomic E-state index is 12.6. The number of carbonyl (C=O) groups is 1. The number of sulfonamides is 1. The van der Waals surface area contributed by atoms with Crippen LogP contribution in [0.25, 0.3) is 0 Å². The summed E-state index contributed by atoms with van der Waals surface area (Å²) in [6.45, 7) is 9.43. The Balaban J connectivity index is 2.19. The molecule has 1 heterocycles. The number of anilines is 1. The first-order valence-corrected chi connectivity index (χ1v) is 11.5. The molecule has 2 rings (SSSR count). The first-order valence-electron chi connectivity index (χ1n) is 8.84. The Labute approximate surface area is 175 Å². The highest BCUT2D eigenvalue weighted by Gasteiger charge is 2.25. The van der Waals surface area contributed by atoms with Crippen molar-refractivity contribution in [3.8, 4) is 0 Å². The molecule has 7 nitrogen and oxygen atoms in total. The maximum Gasteiger partial charge on any atom is 0.257 e. The second-order valence-corrected chi connectivity index (χ2v) is 11.0. The summed E-state index contributed by atoms with van der Waals surface area (Å²) in [5, 5.41) is 12.0. The van der Waals surface area contributed by atoms with Crippen molar-refractivity contribution in [2.24, 2.45) is 5.92 Å². The van der Waals surface area contributed by atoms with Gasteiger partial charge in [-0.2, -0.15) is 0 Å². The third-order valence-electron chi connectivity index (χ3n) is 3.55. The number of aryl methyl sites for hydroxylation is 1. The molecule has 2 aromatic rings. The molecule has 0 saturated heterocycles. The summed E-state index contributed by atoms with van der Waals surface area (Å²) in [5.41, 5.74) is -0.517. The van der Waals surface area contributed by atoms with Gasteiger partial charge in [0, 0.05) is 17.5 Å². The number of amides is 1. The van der Waals surface area contributed by atoms with Crippen LogP contribution in [0.3, 0.4) is 0 Å². The first kappa shape index (κ1) is 22.7.